The van der Waals surface area contributed by atoms with E-state index >= 15 is 0 Å². The Labute approximate surface area is 208 Å². The molecule has 0 unspecified atom stereocenters. The molecule has 4 heterocycles. The fourth-order valence-corrected chi connectivity index (χ4v) is 4.22. The maximum absolute atomic E-state index is 13.6. The van der Waals surface area contributed by atoms with Crippen LogP contribution in [0.2, 0.25) is 0 Å². The van der Waals surface area contributed by atoms with Crippen molar-refractivity contribution in [3.05, 3.63) is 107 Å². The summed E-state index contributed by atoms with van der Waals surface area (Å²) < 4.78 is 1.85. The van der Waals surface area contributed by atoms with Crippen molar-refractivity contribution in [2.45, 2.75) is 19.5 Å². The number of aliphatic hydroxyl groups excluding tert-OH is 1. The van der Waals surface area contributed by atoms with Gasteiger partial charge in [-0.15, -0.1) is 0 Å². The number of anilines is 1. The number of aromatic nitrogens is 3. The Morgan fingerprint density at radius 2 is 2.03 bits per heavy atom. The summed E-state index contributed by atoms with van der Waals surface area (Å²) in [6.07, 6.45) is 13.6. The van der Waals surface area contributed by atoms with Crippen molar-refractivity contribution in [3.8, 4) is 0 Å². The molecule has 0 aromatic carbocycles. The van der Waals surface area contributed by atoms with Crippen LogP contribution in [0.15, 0.2) is 84.5 Å². The number of fused-ring (bicyclic) bond motifs is 2. The minimum absolute atomic E-state index is 0.00392. The normalized spacial score (nSPS) is 14.2. The van der Waals surface area contributed by atoms with Crippen LogP contribution in [0, 0.1) is 0 Å². The molecule has 0 saturated heterocycles. The molecule has 9 nitrogen and oxygen atoms in total. The van der Waals surface area contributed by atoms with Gasteiger partial charge in [0, 0.05) is 54.8 Å². The Hall–Kier alpha value is -4.50. The summed E-state index contributed by atoms with van der Waals surface area (Å²) >= 11 is 0. The van der Waals surface area contributed by atoms with E-state index < -0.39 is 0 Å². The molecular weight excluding hydrogens is 456 g/mol. The molecule has 9 heteroatoms. The molecule has 1 aliphatic carbocycles. The van der Waals surface area contributed by atoms with E-state index in [4.69, 9.17) is 5.11 Å². The summed E-state index contributed by atoms with van der Waals surface area (Å²) in [7, 11) is 0. The Balaban J connectivity index is 1.41. The molecule has 0 spiro atoms. The molecule has 0 fully saturated rings. The molecular formula is C27H26N6O3. The van der Waals surface area contributed by atoms with Gasteiger partial charge in [0.15, 0.2) is 0 Å². The number of hydrogen-bond acceptors (Lipinski definition) is 6. The van der Waals surface area contributed by atoms with E-state index in [1.54, 1.807) is 35.5 Å². The first kappa shape index (κ1) is 23.3. The van der Waals surface area contributed by atoms with Crippen molar-refractivity contribution in [1.82, 2.24) is 24.8 Å². The van der Waals surface area contributed by atoms with Crippen LogP contribution in [0.4, 0.5) is 5.82 Å². The molecule has 1 aliphatic heterocycles. The maximum atomic E-state index is 13.6. The minimum atomic E-state index is -0.206. The zero-order chi connectivity index (χ0) is 24.9. The van der Waals surface area contributed by atoms with Gasteiger partial charge in [0.1, 0.15) is 11.5 Å². The highest BCUT2D eigenvalue weighted by Gasteiger charge is 2.28. The molecule has 5 rings (SSSR count). The first-order chi connectivity index (χ1) is 17.6. The van der Waals surface area contributed by atoms with E-state index in [0.29, 0.717) is 43.1 Å². The van der Waals surface area contributed by atoms with Crippen molar-refractivity contribution in [1.29, 1.82) is 0 Å². The average Bonchev–Trinajstić information content (AvgIpc) is 3.24. The van der Waals surface area contributed by atoms with Crippen molar-refractivity contribution in [2.24, 2.45) is 0 Å². The van der Waals surface area contributed by atoms with Crippen molar-refractivity contribution >= 4 is 23.8 Å². The number of amides is 2. The number of nitrogens with zero attached hydrogens (tertiary/aromatic N) is 4. The van der Waals surface area contributed by atoms with Crippen LogP contribution in [0.25, 0.3) is 6.20 Å². The van der Waals surface area contributed by atoms with Gasteiger partial charge in [0.05, 0.1) is 18.7 Å². The van der Waals surface area contributed by atoms with Crippen LogP contribution >= 0.6 is 0 Å². The van der Waals surface area contributed by atoms with Gasteiger partial charge in [-0.1, -0.05) is 24.3 Å². The lowest BCUT2D eigenvalue weighted by Crippen LogP contribution is -2.30. The SMILES string of the molecule is O=C(NCc1cccnc1)c1ccc2n1C=C1C=CCC=C1N(C(=O)c1ccc(NCCO)nc1)C2. The van der Waals surface area contributed by atoms with Gasteiger partial charge < -0.3 is 25.2 Å². The molecule has 0 atom stereocenters. The zero-order valence-corrected chi connectivity index (χ0v) is 19.6. The lowest BCUT2D eigenvalue weighted by Gasteiger charge is -2.25. The van der Waals surface area contributed by atoms with Gasteiger partial charge in [-0.3, -0.25) is 14.6 Å². The molecule has 0 bridgehead atoms. The first-order valence-corrected chi connectivity index (χ1v) is 11.7. The predicted molar refractivity (Wildman–Crippen MR) is 136 cm³/mol. The lowest BCUT2D eigenvalue weighted by atomic mass is 10.0. The number of carbonyl (C=O) groups is 2. The molecule has 182 valence electrons. The Morgan fingerprint density at radius 1 is 1.11 bits per heavy atom. The van der Waals surface area contributed by atoms with Gasteiger partial charge in [0.25, 0.3) is 11.8 Å². The predicted octanol–water partition coefficient (Wildman–Crippen LogP) is 2.95. The maximum Gasteiger partial charge on any atom is 0.268 e. The minimum Gasteiger partial charge on any atom is -0.395 e. The topological polar surface area (TPSA) is 112 Å². The highest BCUT2D eigenvalue weighted by molar-refractivity contribution is 5.97. The molecule has 0 radical (unpaired) electrons. The van der Waals surface area contributed by atoms with Gasteiger partial charge in [-0.25, -0.2) is 4.98 Å². The zero-order valence-electron chi connectivity index (χ0n) is 19.6. The van der Waals surface area contributed by atoms with Crippen LogP contribution in [0.1, 0.15) is 38.5 Å². The van der Waals surface area contributed by atoms with Crippen molar-refractivity contribution < 1.29 is 14.7 Å². The van der Waals surface area contributed by atoms with Crippen LogP contribution in [-0.2, 0) is 13.1 Å². The summed E-state index contributed by atoms with van der Waals surface area (Å²) in [6.45, 7) is 1.06. The number of allylic oxidation sites excluding steroid dienone is 3. The van der Waals surface area contributed by atoms with E-state index in [9.17, 15) is 9.59 Å². The highest BCUT2D eigenvalue weighted by Crippen LogP contribution is 2.31. The van der Waals surface area contributed by atoms with Crippen molar-refractivity contribution in [3.63, 3.8) is 0 Å². The lowest BCUT2D eigenvalue weighted by molar-refractivity contribution is 0.0798. The van der Waals surface area contributed by atoms with Crippen LogP contribution < -0.4 is 10.6 Å². The number of carbonyl (C=O) groups excluding carboxylic acids is 2. The Bertz CT molecular complexity index is 1360. The third kappa shape index (κ3) is 4.82. The Morgan fingerprint density at radius 3 is 2.81 bits per heavy atom. The summed E-state index contributed by atoms with van der Waals surface area (Å²) in [5.74, 6) is 0.204. The third-order valence-electron chi connectivity index (χ3n) is 6.00. The van der Waals surface area contributed by atoms with E-state index in [1.165, 1.54) is 6.20 Å². The first-order valence-electron chi connectivity index (χ1n) is 11.7. The van der Waals surface area contributed by atoms with Crippen LogP contribution in [-0.4, -0.2) is 49.5 Å². The molecule has 2 amide bonds. The van der Waals surface area contributed by atoms with E-state index in [2.05, 4.69) is 20.6 Å². The Kier molecular flexibility index (Phi) is 6.72. The summed E-state index contributed by atoms with van der Waals surface area (Å²) in [5.41, 5.74) is 4.33. The summed E-state index contributed by atoms with van der Waals surface area (Å²) in [5, 5.41) is 14.9. The standard InChI is InChI=1S/C27H26N6O3/c34-13-12-29-25-10-7-20(16-30-25)27(36)33-18-22-8-9-24(26(35)31-15-19-4-3-11-28-14-19)32(22)17-21-5-1-2-6-23(21)33/h1,3-11,14,16-17,34H,2,12-13,15,18H2,(H,29,30)(H,31,35). The number of rotatable bonds is 7. The van der Waals surface area contributed by atoms with Gasteiger partial charge in [-0.05, 0) is 42.3 Å². The summed E-state index contributed by atoms with van der Waals surface area (Å²) in [4.78, 5) is 36.7. The highest BCUT2D eigenvalue weighted by atomic mass is 16.3. The largest absolute Gasteiger partial charge is 0.395 e. The van der Waals surface area contributed by atoms with E-state index in [-0.39, 0.29) is 18.4 Å². The average molecular weight is 483 g/mol. The fraction of sp³-hybridized carbons (Fsp3) is 0.185. The molecule has 36 heavy (non-hydrogen) atoms. The molecule has 3 aromatic rings. The molecule has 0 saturated carbocycles. The number of nitrogens with one attached hydrogen (secondary N) is 2. The van der Waals surface area contributed by atoms with Crippen LogP contribution in [0.3, 0.4) is 0 Å². The second-order valence-corrected chi connectivity index (χ2v) is 8.41. The number of pyridine rings is 2. The fourth-order valence-electron chi connectivity index (χ4n) is 4.22. The van der Waals surface area contributed by atoms with Crippen LogP contribution in [0.5, 0.6) is 0 Å². The third-order valence-corrected chi connectivity index (χ3v) is 6.00. The molecule has 3 aromatic heterocycles. The number of aliphatic hydroxyl groups is 1. The summed E-state index contributed by atoms with van der Waals surface area (Å²) in [6, 6.07) is 10.8. The van der Waals surface area contributed by atoms with E-state index in [1.807, 2.05) is 47.2 Å². The van der Waals surface area contributed by atoms with Gasteiger partial charge in [-0.2, -0.15) is 0 Å². The van der Waals surface area contributed by atoms with E-state index in [0.717, 1.165) is 22.5 Å². The van der Waals surface area contributed by atoms with Gasteiger partial charge in [0.2, 0.25) is 0 Å². The smallest absolute Gasteiger partial charge is 0.268 e. The molecule has 3 N–H and O–H groups in total. The quantitative estimate of drug-likeness (QED) is 0.477. The van der Waals surface area contributed by atoms with Crippen molar-refractivity contribution in [2.75, 3.05) is 18.5 Å². The second-order valence-electron chi connectivity index (χ2n) is 8.41. The number of hydrogen-bond donors (Lipinski definition) is 3. The second kappa shape index (κ2) is 10.4. The molecule has 2 aliphatic rings. The van der Waals surface area contributed by atoms with Gasteiger partial charge >= 0.3 is 0 Å². The monoisotopic (exact) mass is 482 g/mol.